The van der Waals surface area contributed by atoms with Crippen molar-refractivity contribution in [1.29, 1.82) is 0 Å². The molecule has 0 N–H and O–H groups in total. The molecule has 114 valence electrons. The summed E-state index contributed by atoms with van der Waals surface area (Å²) in [6.07, 6.45) is 1.99. The lowest BCUT2D eigenvalue weighted by molar-refractivity contribution is 0.0981. The number of carbonyl (C=O) groups excluding carboxylic acids is 1. The molecule has 22 heavy (non-hydrogen) atoms. The summed E-state index contributed by atoms with van der Waals surface area (Å²) in [6, 6.07) is 14.1. The number of para-hydroxylation sites is 1. The summed E-state index contributed by atoms with van der Waals surface area (Å²) in [6.45, 7) is 2.02. The van der Waals surface area contributed by atoms with Crippen LogP contribution in [0.25, 0.3) is 0 Å². The van der Waals surface area contributed by atoms with E-state index in [1.54, 1.807) is 17.0 Å². The number of fused-ring (bicyclic) bond motifs is 1. The highest BCUT2D eigenvalue weighted by molar-refractivity contribution is 7.90. The molecular weight excluding hydrogens is 298 g/mol. The minimum atomic E-state index is -3.25. The summed E-state index contributed by atoms with van der Waals surface area (Å²) in [5.41, 5.74) is 2.60. The van der Waals surface area contributed by atoms with Crippen LogP contribution in [0.15, 0.2) is 53.4 Å². The van der Waals surface area contributed by atoms with Gasteiger partial charge >= 0.3 is 0 Å². The molecule has 1 aliphatic rings. The number of benzene rings is 2. The molecule has 1 heterocycles. The summed E-state index contributed by atoms with van der Waals surface area (Å²) in [5.74, 6) is -0.0995. The van der Waals surface area contributed by atoms with E-state index < -0.39 is 9.84 Å². The third-order valence-corrected chi connectivity index (χ3v) is 5.08. The molecule has 0 unspecified atom stereocenters. The van der Waals surface area contributed by atoms with Crippen LogP contribution in [0.4, 0.5) is 5.69 Å². The molecule has 1 aliphatic heterocycles. The second kappa shape index (κ2) is 5.25. The van der Waals surface area contributed by atoms with Crippen molar-refractivity contribution in [2.45, 2.75) is 24.3 Å². The fourth-order valence-electron chi connectivity index (χ4n) is 2.86. The molecule has 1 atom stereocenters. The number of carbonyl (C=O) groups is 1. The predicted octanol–water partition coefficient (Wildman–Crippen LogP) is 2.68. The molecule has 2 aromatic carbocycles. The van der Waals surface area contributed by atoms with Gasteiger partial charge in [0.1, 0.15) is 0 Å². The zero-order valence-corrected chi connectivity index (χ0v) is 13.3. The molecule has 0 saturated carbocycles. The third-order valence-electron chi connectivity index (χ3n) is 3.96. The van der Waals surface area contributed by atoms with Gasteiger partial charge in [0, 0.05) is 23.5 Å². The van der Waals surface area contributed by atoms with Gasteiger partial charge in [-0.25, -0.2) is 8.42 Å². The van der Waals surface area contributed by atoms with Crippen molar-refractivity contribution in [3.05, 3.63) is 59.7 Å². The number of hydrogen-bond donors (Lipinski definition) is 0. The van der Waals surface area contributed by atoms with Gasteiger partial charge in [-0.05, 0) is 49.2 Å². The average molecular weight is 315 g/mol. The van der Waals surface area contributed by atoms with Crippen LogP contribution in [0, 0.1) is 0 Å². The molecule has 0 aromatic heterocycles. The maximum Gasteiger partial charge on any atom is 0.258 e. The molecule has 0 fully saturated rings. The van der Waals surface area contributed by atoms with Crippen molar-refractivity contribution in [1.82, 2.24) is 0 Å². The Labute approximate surface area is 130 Å². The van der Waals surface area contributed by atoms with E-state index in [0.29, 0.717) is 5.56 Å². The predicted molar refractivity (Wildman–Crippen MR) is 86.0 cm³/mol. The van der Waals surface area contributed by atoms with Crippen LogP contribution in [0.5, 0.6) is 0 Å². The zero-order valence-electron chi connectivity index (χ0n) is 12.5. The Morgan fingerprint density at radius 2 is 1.73 bits per heavy atom. The van der Waals surface area contributed by atoms with E-state index >= 15 is 0 Å². The van der Waals surface area contributed by atoms with Crippen LogP contribution in [-0.2, 0) is 16.3 Å². The molecule has 0 saturated heterocycles. The maximum atomic E-state index is 12.8. The number of rotatable bonds is 2. The van der Waals surface area contributed by atoms with Gasteiger partial charge in [-0.1, -0.05) is 18.2 Å². The molecule has 3 rings (SSSR count). The quantitative estimate of drug-likeness (QED) is 0.856. The van der Waals surface area contributed by atoms with Crippen molar-refractivity contribution in [3.8, 4) is 0 Å². The molecule has 4 nitrogen and oxygen atoms in total. The van der Waals surface area contributed by atoms with E-state index in [1.165, 1.54) is 12.1 Å². The van der Waals surface area contributed by atoms with Gasteiger partial charge in [-0.2, -0.15) is 0 Å². The summed E-state index contributed by atoms with van der Waals surface area (Å²) in [7, 11) is -3.25. The molecule has 0 aliphatic carbocycles. The summed E-state index contributed by atoms with van der Waals surface area (Å²) in [4.78, 5) is 14.8. The first-order valence-electron chi connectivity index (χ1n) is 7.09. The summed E-state index contributed by atoms with van der Waals surface area (Å²) < 4.78 is 23.0. The summed E-state index contributed by atoms with van der Waals surface area (Å²) >= 11 is 0. The minimum Gasteiger partial charge on any atom is -0.305 e. The minimum absolute atomic E-state index is 0.0967. The SMILES string of the molecule is C[C@H]1Cc2ccccc2N1C(=O)c1ccc(S(C)(=O)=O)cc1. The normalized spacial score (nSPS) is 17.4. The Morgan fingerprint density at radius 1 is 1.09 bits per heavy atom. The molecular formula is C17H17NO3S. The topological polar surface area (TPSA) is 54.5 Å². The molecule has 5 heteroatoms. The van der Waals surface area contributed by atoms with Crippen molar-refractivity contribution in [2.24, 2.45) is 0 Å². The van der Waals surface area contributed by atoms with Crippen molar-refractivity contribution in [2.75, 3.05) is 11.2 Å². The first-order valence-corrected chi connectivity index (χ1v) is 8.98. The van der Waals surface area contributed by atoms with E-state index in [4.69, 9.17) is 0 Å². The van der Waals surface area contributed by atoms with Crippen LogP contribution in [0.3, 0.4) is 0 Å². The van der Waals surface area contributed by atoms with Gasteiger partial charge in [-0.3, -0.25) is 4.79 Å². The number of hydrogen-bond acceptors (Lipinski definition) is 3. The second-order valence-corrected chi connectivity index (χ2v) is 7.67. The number of amides is 1. The fourth-order valence-corrected chi connectivity index (χ4v) is 3.49. The molecule has 1 amide bonds. The molecule has 2 aromatic rings. The Hall–Kier alpha value is -2.14. The van der Waals surface area contributed by atoms with Crippen LogP contribution in [-0.4, -0.2) is 26.6 Å². The lowest BCUT2D eigenvalue weighted by atomic mass is 10.1. The van der Waals surface area contributed by atoms with Crippen LogP contribution in [0.2, 0.25) is 0 Å². The Morgan fingerprint density at radius 3 is 2.36 bits per heavy atom. The van der Waals surface area contributed by atoms with Crippen molar-refractivity contribution < 1.29 is 13.2 Å². The largest absolute Gasteiger partial charge is 0.305 e. The second-order valence-electron chi connectivity index (χ2n) is 5.65. The van der Waals surface area contributed by atoms with Gasteiger partial charge < -0.3 is 4.90 Å². The highest BCUT2D eigenvalue weighted by atomic mass is 32.2. The lowest BCUT2D eigenvalue weighted by Crippen LogP contribution is -2.35. The monoisotopic (exact) mass is 315 g/mol. The molecule has 0 bridgehead atoms. The number of sulfone groups is 1. The highest BCUT2D eigenvalue weighted by Gasteiger charge is 2.31. The van der Waals surface area contributed by atoms with Crippen LogP contribution < -0.4 is 4.90 Å². The summed E-state index contributed by atoms with van der Waals surface area (Å²) in [5, 5.41) is 0. The molecule has 0 radical (unpaired) electrons. The zero-order chi connectivity index (χ0) is 15.9. The van der Waals surface area contributed by atoms with Crippen molar-refractivity contribution >= 4 is 21.4 Å². The van der Waals surface area contributed by atoms with Crippen LogP contribution >= 0.6 is 0 Å². The van der Waals surface area contributed by atoms with E-state index in [9.17, 15) is 13.2 Å². The fraction of sp³-hybridized carbons (Fsp3) is 0.235. The number of anilines is 1. The highest BCUT2D eigenvalue weighted by Crippen LogP contribution is 2.33. The van der Waals surface area contributed by atoms with Crippen molar-refractivity contribution in [3.63, 3.8) is 0 Å². The Kier molecular flexibility index (Phi) is 3.53. The Balaban J connectivity index is 1.95. The standard InChI is InChI=1S/C17H17NO3S/c1-12-11-14-5-3-4-6-16(14)18(12)17(19)13-7-9-15(10-8-13)22(2,20)21/h3-10,12H,11H2,1-2H3/t12-/m0/s1. The van der Waals surface area contributed by atoms with E-state index in [2.05, 4.69) is 0 Å². The average Bonchev–Trinajstić information content (AvgIpc) is 2.81. The smallest absolute Gasteiger partial charge is 0.258 e. The third kappa shape index (κ3) is 2.52. The first-order chi connectivity index (χ1) is 10.4. The van der Waals surface area contributed by atoms with Gasteiger partial charge in [0.15, 0.2) is 9.84 Å². The maximum absolute atomic E-state index is 12.8. The Bertz CT molecular complexity index is 825. The lowest BCUT2D eigenvalue weighted by Gasteiger charge is -2.22. The number of nitrogens with zero attached hydrogens (tertiary/aromatic N) is 1. The van der Waals surface area contributed by atoms with E-state index in [0.717, 1.165) is 23.9 Å². The molecule has 0 spiro atoms. The van der Waals surface area contributed by atoms with Gasteiger partial charge in [-0.15, -0.1) is 0 Å². The van der Waals surface area contributed by atoms with Crippen LogP contribution in [0.1, 0.15) is 22.8 Å². The van der Waals surface area contributed by atoms with Gasteiger partial charge in [0.25, 0.3) is 5.91 Å². The van der Waals surface area contributed by atoms with Gasteiger partial charge in [0.05, 0.1) is 4.90 Å². The first kappa shape index (κ1) is 14.8. The van der Waals surface area contributed by atoms with E-state index in [-0.39, 0.29) is 16.8 Å². The van der Waals surface area contributed by atoms with E-state index in [1.807, 2.05) is 31.2 Å². The van der Waals surface area contributed by atoms with Gasteiger partial charge in [0.2, 0.25) is 0 Å².